The van der Waals surface area contributed by atoms with E-state index in [1.807, 2.05) is 12.1 Å². The molecule has 0 radical (unpaired) electrons. The van der Waals surface area contributed by atoms with Gasteiger partial charge in [0, 0.05) is 11.0 Å². The summed E-state index contributed by atoms with van der Waals surface area (Å²) in [5.41, 5.74) is -0.699. The molecule has 1 fully saturated rings. The van der Waals surface area contributed by atoms with Crippen LogP contribution in [0.1, 0.15) is 11.8 Å². The van der Waals surface area contributed by atoms with Gasteiger partial charge >= 0.3 is 0 Å². The monoisotopic (exact) mass is 301 g/mol. The first-order valence-electron chi connectivity index (χ1n) is 4.91. The van der Waals surface area contributed by atoms with E-state index in [4.69, 9.17) is 0 Å². The molecule has 0 aromatic carbocycles. The molecule has 2 heterocycles. The Hall–Kier alpha value is -0.650. The smallest absolute Gasteiger partial charge is 0.246 e. The number of aliphatic hydroxyl groups is 1. The molecule has 1 amide bonds. The van der Waals surface area contributed by atoms with Crippen molar-refractivity contribution in [3.63, 3.8) is 0 Å². The van der Waals surface area contributed by atoms with Gasteiger partial charge in [-0.3, -0.25) is 4.79 Å². The van der Waals surface area contributed by atoms with E-state index in [0.717, 1.165) is 8.66 Å². The number of hydrogen-bond donors (Lipinski definition) is 1. The molecule has 1 aliphatic rings. The average molecular weight is 302 g/mol. The molecule has 0 atom stereocenters. The average Bonchev–Trinajstić information content (AvgIpc) is 2.57. The fourth-order valence-corrected chi connectivity index (χ4v) is 2.93. The van der Waals surface area contributed by atoms with Crippen LogP contribution in [0.15, 0.2) is 22.0 Å². The molecule has 1 N–H and O–H groups in total. The van der Waals surface area contributed by atoms with E-state index >= 15 is 0 Å². The fourth-order valence-electron chi connectivity index (χ4n) is 1.61. The van der Waals surface area contributed by atoms with Gasteiger partial charge < -0.3 is 10.0 Å². The maximum absolute atomic E-state index is 11.6. The molecule has 2 rings (SSSR count). The van der Waals surface area contributed by atoms with E-state index in [1.54, 1.807) is 35.3 Å². The lowest BCUT2D eigenvalue weighted by Crippen LogP contribution is -2.61. The van der Waals surface area contributed by atoms with Gasteiger partial charge in [0.2, 0.25) is 5.91 Å². The molecule has 0 unspecified atom stereocenters. The standard InChI is InChI=1S/C11H12BrNO2S/c1-11(15)6-13(7-11)10(14)5-3-8-2-4-9(12)16-8/h2-5,15H,6-7H2,1H3. The van der Waals surface area contributed by atoms with Gasteiger partial charge in [0.1, 0.15) is 0 Å². The number of hydrogen-bond acceptors (Lipinski definition) is 3. The highest BCUT2D eigenvalue weighted by atomic mass is 79.9. The number of amides is 1. The van der Waals surface area contributed by atoms with Crippen LogP contribution in [-0.2, 0) is 4.79 Å². The van der Waals surface area contributed by atoms with Crippen molar-refractivity contribution in [1.29, 1.82) is 0 Å². The van der Waals surface area contributed by atoms with Crippen molar-refractivity contribution in [2.45, 2.75) is 12.5 Å². The summed E-state index contributed by atoms with van der Waals surface area (Å²) in [6, 6.07) is 3.90. The van der Waals surface area contributed by atoms with Crippen LogP contribution in [0.25, 0.3) is 6.08 Å². The van der Waals surface area contributed by atoms with Crippen LogP contribution in [0, 0.1) is 0 Å². The third-order valence-electron chi connectivity index (χ3n) is 2.36. The van der Waals surface area contributed by atoms with Crippen LogP contribution in [0.2, 0.25) is 0 Å². The van der Waals surface area contributed by atoms with Crippen molar-refractivity contribution < 1.29 is 9.90 Å². The summed E-state index contributed by atoms with van der Waals surface area (Å²) in [7, 11) is 0. The van der Waals surface area contributed by atoms with Crippen molar-refractivity contribution in [3.8, 4) is 0 Å². The molecule has 16 heavy (non-hydrogen) atoms. The normalized spacial score (nSPS) is 18.8. The molecule has 1 aromatic heterocycles. The second-order valence-corrected chi connectivity index (χ2v) is 6.66. The van der Waals surface area contributed by atoms with Gasteiger partial charge in [0.15, 0.2) is 0 Å². The molecule has 1 aliphatic heterocycles. The van der Waals surface area contributed by atoms with Crippen molar-refractivity contribution >= 4 is 39.2 Å². The minimum absolute atomic E-state index is 0.0453. The Morgan fingerprint density at radius 1 is 1.62 bits per heavy atom. The van der Waals surface area contributed by atoms with Gasteiger partial charge in [-0.15, -0.1) is 11.3 Å². The summed E-state index contributed by atoms with van der Waals surface area (Å²) in [6.45, 7) is 2.57. The summed E-state index contributed by atoms with van der Waals surface area (Å²) >= 11 is 4.94. The Labute approximate surface area is 107 Å². The summed E-state index contributed by atoms with van der Waals surface area (Å²) in [5.74, 6) is -0.0453. The Kier molecular flexibility index (Phi) is 3.19. The molecule has 0 saturated carbocycles. The van der Waals surface area contributed by atoms with Crippen LogP contribution in [-0.4, -0.2) is 34.6 Å². The van der Waals surface area contributed by atoms with Gasteiger partial charge in [-0.2, -0.15) is 0 Å². The highest BCUT2D eigenvalue weighted by molar-refractivity contribution is 9.11. The zero-order chi connectivity index (χ0) is 11.8. The lowest BCUT2D eigenvalue weighted by atomic mass is 9.97. The maximum atomic E-state index is 11.6. The minimum Gasteiger partial charge on any atom is -0.386 e. The van der Waals surface area contributed by atoms with Crippen molar-refractivity contribution in [2.75, 3.05) is 13.1 Å². The van der Waals surface area contributed by atoms with Gasteiger partial charge in [-0.1, -0.05) is 0 Å². The van der Waals surface area contributed by atoms with Crippen LogP contribution in [0.4, 0.5) is 0 Å². The second-order valence-electron chi connectivity index (χ2n) is 4.17. The number of halogens is 1. The zero-order valence-electron chi connectivity index (χ0n) is 8.81. The first kappa shape index (κ1) is 11.8. The molecule has 3 nitrogen and oxygen atoms in total. The lowest BCUT2D eigenvalue weighted by Gasteiger charge is -2.43. The van der Waals surface area contributed by atoms with Crippen molar-refractivity contribution in [2.24, 2.45) is 0 Å². The first-order valence-corrected chi connectivity index (χ1v) is 6.52. The van der Waals surface area contributed by atoms with E-state index in [2.05, 4.69) is 15.9 Å². The molecule has 1 saturated heterocycles. The fraction of sp³-hybridized carbons (Fsp3) is 0.364. The van der Waals surface area contributed by atoms with Crippen LogP contribution >= 0.6 is 27.3 Å². The van der Waals surface area contributed by atoms with Crippen molar-refractivity contribution in [1.82, 2.24) is 4.90 Å². The SMILES string of the molecule is CC1(O)CN(C(=O)C=Cc2ccc(Br)s2)C1. The number of rotatable bonds is 2. The third-order valence-corrected chi connectivity index (χ3v) is 3.95. The molecular formula is C11H12BrNO2S. The van der Waals surface area contributed by atoms with E-state index in [1.165, 1.54) is 0 Å². The van der Waals surface area contributed by atoms with Crippen LogP contribution in [0.5, 0.6) is 0 Å². The molecule has 86 valence electrons. The predicted octanol–water partition coefficient (Wildman–Crippen LogP) is 2.12. The molecule has 5 heteroatoms. The van der Waals surface area contributed by atoms with Crippen molar-refractivity contribution in [3.05, 3.63) is 26.9 Å². The third kappa shape index (κ3) is 2.72. The highest BCUT2D eigenvalue weighted by Gasteiger charge is 2.38. The molecule has 0 aliphatic carbocycles. The number of thiophene rings is 1. The zero-order valence-corrected chi connectivity index (χ0v) is 11.2. The van der Waals surface area contributed by atoms with Gasteiger partial charge in [-0.25, -0.2) is 0 Å². The molecule has 0 spiro atoms. The number of likely N-dealkylation sites (tertiary alicyclic amines) is 1. The van der Waals surface area contributed by atoms with Gasteiger partial charge in [0.25, 0.3) is 0 Å². The Balaban J connectivity index is 1.91. The quantitative estimate of drug-likeness (QED) is 0.850. The molecule has 0 bridgehead atoms. The van der Waals surface area contributed by atoms with E-state index in [0.29, 0.717) is 13.1 Å². The van der Waals surface area contributed by atoms with E-state index in [-0.39, 0.29) is 5.91 Å². The molecule has 1 aromatic rings. The van der Waals surface area contributed by atoms with Crippen LogP contribution in [0.3, 0.4) is 0 Å². The predicted molar refractivity (Wildman–Crippen MR) is 68.3 cm³/mol. The largest absolute Gasteiger partial charge is 0.386 e. The first-order chi connectivity index (χ1) is 7.46. The topological polar surface area (TPSA) is 40.5 Å². The van der Waals surface area contributed by atoms with E-state index in [9.17, 15) is 9.90 Å². The number of carbonyl (C=O) groups excluding carboxylic acids is 1. The maximum Gasteiger partial charge on any atom is 0.246 e. The summed E-state index contributed by atoms with van der Waals surface area (Å²) in [4.78, 5) is 14.3. The number of β-amino-alcohol motifs (C(OH)–C–C–N with tert-alkyl or cyclic N) is 1. The number of carbonyl (C=O) groups is 1. The van der Waals surface area contributed by atoms with Crippen LogP contribution < -0.4 is 0 Å². The minimum atomic E-state index is -0.699. The van der Waals surface area contributed by atoms with Gasteiger partial charge in [-0.05, 0) is 41.1 Å². The Bertz CT molecular complexity index is 431. The Morgan fingerprint density at radius 2 is 2.31 bits per heavy atom. The molecular weight excluding hydrogens is 290 g/mol. The summed E-state index contributed by atoms with van der Waals surface area (Å²) in [6.07, 6.45) is 3.35. The highest BCUT2D eigenvalue weighted by Crippen LogP contribution is 2.24. The van der Waals surface area contributed by atoms with Gasteiger partial charge in [0.05, 0.1) is 22.5 Å². The Morgan fingerprint density at radius 3 is 2.81 bits per heavy atom. The summed E-state index contributed by atoms with van der Waals surface area (Å²) < 4.78 is 1.05. The summed E-state index contributed by atoms with van der Waals surface area (Å²) in [5, 5.41) is 9.50. The van der Waals surface area contributed by atoms with E-state index < -0.39 is 5.60 Å². The lowest BCUT2D eigenvalue weighted by molar-refractivity contribution is -0.146. The second kappa shape index (κ2) is 4.31. The number of nitrogens with zero attached hydrogens (tertiary/aromatic N) is 1.